The van der Waals surface area contributed by atoms with Crippen molar-refractivity contribution in [3.8, 4) is 0 Å². The number of fused-ring (bicyclic) bond motifs is 3. The zero-order valence-corrected chi connectivity index (χ0v) is 14.4. The Morgan fingerprint density at radius 1 is 1.12 bits per heavy atom. The monoisotopic (exact) mass is 327 g/mol. The standard InChI is InChI=1S/C19H25N3O2/c1-12(2)18(23)20-10-11-21-19(24)15-8-5-7-14-13-6-3-4-9-16(13)22-17(14)15/h5,7-8,12,22H,3-4,6,9-11H2,1-2H3,(H,20,23)(H,21,24). The van der Waals surface area contributed by atoms with E-state index in [1.54, 1.807) is 0 Å². The summed E-state index contributed by atoms with van der Waals surface area (Å²) in [6.07, 6.45) is 4.57. The predicted molar refractivity (Wildman–Crippen MR) is 95.1 cm³/mol. The number of H-pyrrole nitrogens is 1. The van der Waals surface area contributed by atoms with Gasteiger partial charge >= 0.3 is 0 Å². The molecule has 128 valence electrons. The maximum atomic E-state index is 12.5. The second-order valence-corrected chi connectivity index (χ2v) is 6.72. The molecule has 1 aromatic carbocycles. The van der Waals surface area contributed by atoms with Crippen molar-refractivity contribution in [3.63, 3.8) is 0 Å². The van der Waals surface area contributed by atoms with Crippen LogP contribution in [0.4, 0.5) is 0 Å². The van der Waals surface area contributed by atoms with Gasteiger partial charge < -0.3 is 15.6 Å². The van der Waals surface area contributed by atoms with Crippen molar-refractivity contribution >= 4 is 22.7 Å². The number of carbonyl (C=O) groups is 2. The van der Waals surface area contributed by atoms with Crippen LogP contribution in [0.15, 0.2) is 18.2 Å². The van der Waals surface area contributed by atoms with Gasteiger partial charge in [-0.15, -0.1) is 0 Å². The largest absolute Gasteiger partial charge is 0.358 e. The van der Waals surface area contributed by atoms with Gasteiger partial charge in [0.25, 0.3) is 5.91 Å². The Morgan fingerprint density at radius 2 is 1.88 bits per heavy atom. The number of benzene rings is 1. The second-order valence-electron chi connectivity index (χ2n) is 6.72. The van der Waals surface area contributed by atoms with E-state index in [1.807, 2.05) is 26.0 Å². The van der Waals surface area contributed by atoms with E-state index in [-0.39, 0.29) is 17.7 Å². The van der Waals surface area contributed by atoms with Crippen LogP contribution in [0.3, 0.4) is 0 Å². The summed E-state index contributed by atoms with van der Waals surface area (Å²) >= 11 is 0. The van der Waals surface area contributed by atoms with Crippen LogP contribution < -0.4 is 10.6 Å². The minimum atomic E-state index is -0.0991. The highest BCUT2D eigenvalue weighted by atomic mass is 16.2. The molecule has 3 rings (SSSR count). The summed E-state index contributed by atoms with van der Waals surface area (Å²) in [5.74, 6) is -0.138. The minimum Gasteiger partial charge on any atom is -0.358 e. The molecule has 0 spiro atoms. The van der Waals surface area contributed by atoms with E-state index in [1.165, 1.54) is 29.5 Å². The summed E-state index contributed by atoms with van der Waals surface area (Å²) in [7, 11) is 0. The van der Waals surface area contributed by atoms with Gasteiger partial charge in [0.15, 0.2) is 0 Å². The molecule has 0 fully saturated rings. The third-order valence-corrected chi connectivity index (χ3v) is 4.61. The van der Waals surface area contributed by atoms with Crippen molar-refractivity contribution in [3.05, 3.63) is 35.0 Å². The van der Waals surface area contributed by atoms with Crippen LogP contribution in [0.25, 0.3) is 10.9 Å². The third-order valence-electron chi connectivity index (χ3n) is 4.61. The fourth-order valence-corrected chi connectivity index (χ4v) is 3.28. The van der Waals surface area contributed by atoms with Crippen molar-refractivity contribution in [2.75, 3.05) is 13.1 Å². The average Bonchev–Trinajstić information content (AvgIpc) is 2.96. The molecule has 0 saturated heterocycles. The van der Waals surface area contributed by atoms with Crippen LogP contribution in [0.1, 0.15) is 48.3 Å². The fraction of sp³-hybridized carbons (Fsp3) is 0.474. The number of hydrogen-bond donors (Lipinski definition) is 3. The highest BCUT2D eigenvalue weighted by Gasteiger charge is 2.19. The zero-order valence-electron chi connectivity index (χ0n) is 14.4. The van der Waals surface area contributed by atoms with Gasteiger partial charge in [0.1, 0.15) is 0 Å². The molecular formula is C19H25N3O2. The van der Waals surface area contributed by atoms with Gasteiger partial charge in [-0.1, -0.05) is 26.0 Å². The van der Waals surface area contributed by atoms with Gasteiger partial charge in [-0.25, -0.2) is 0 Å². The molecule has 1 aromatic heterocycles. The molecule has 24 heavy (non-hydrogen) atoms. The van der Waals surface area contributed by atoms with E-state index in [0.29, 0.717) is 18.7 Å². The average molecular weight is 327 g/mol. The highest BCUT2D eigenvalue weighted by Crippen LogP contribution is 2.30. The lowest BCUT2D eigenvalue weighted by Crippen LogP contribution is -2.36. The number of rotatable bonds is 5. The first kappa shape index (κ1) is 16.6. The number of aromatic amines is 1. The number of amides is 2. The molecule has 5 nitrogen and oxygen atoms in total. The summed E-state index contributed by atoms with van der Waals surface area (Å²) in [6.45, 7) is 4.57. The summed E-state index contributed by atoms with van der Waals surface area (Å²) < 4.78 is 0. The molecule has 0 saturated carbocycles. The second kappa shape index (κ2) is 7.07. The molecule has 5 heteroatoms. The Morgan fingerprint density at radius 3 is 2.67 bits per heavy atom. The molecule has 0 atom stereocenters. The molecule has 0 unspecified atom stereocenters. The van der Waals surface area contributed by atoms with Crippen LogP contribution in [0, 0.1) is 5.92 Å². The lowest BCUT2D eigenvalue weighted by Gasteiger charge is -2.10. The Bertz CT molecular complexity index is 761. The summed E-state index contributed by atoms with van der Waals surface area (Å²) in [5, 5.41) is 6.87. The van der Waals surface area contributed by atoms with Crippen LogP contribution in [-0.4, -0.2) is 29.9 Å². The zero-order chi connectivity index (χ0) is 17.1. The fourth-order valence-electron chi connectivity index (χ4n) is 3.28. The van der Waals surface area contributed by atoms with E-state index < -0.39 is 0 Å². The van der Waals surface area contributed by atoms with E-state index >= 15 is 0 Å². The molecule has 0 aliphatic heterocycles. The number of hydrogen-bond acceptors (Lipinski definition) is 2. The van der Waals surface area contributed by atoms with Crippen LogP contribution >= 0.6 is 0 Å². The predicted octanol–water partition coefficient (Wildman–Crippen LogP) is 2.55. The van der Waals surface area contributed by atoms with Crippen molar-refractivity contribution in [1.82, 2.24) is 15.6 Å². The van der Waals surface area contributed by atoms with Gasteiger partial charge in [-0.2, -0.15) is 0 Å². The third kappa shape index (κ3) is 3.30. The summed E-state index contributed by atoms with van der Waals surface area (Å²) in [5.41, 5.74) is 4.26. The van der Waals surface area contributed by atoms with Gasteiger partial charge in [0, 0.05) is 30.1 Å². The lowest BCUT2D eigenvalue weighted by molar-refractivity contribution is -0.123. The van der Waals surface area contributed by atoms with Crippen LogP contribution in [0.5, 0.6) is 0 Å². The van der Waals surface area contributed by atoms with E-state index in [9.17, 15) is 9.59 Å². The molecule has 2 aromatic rings. The van der Waals surface area contributed by atoms with Crippen LogP contribution in [0.2, 0.25) is 0 Å². The topological polar surface area (TPSA) is 74.0 Å². The molecule has 3 N–H and O–H groups in total. The lowest BCUT2D eigenvalue weighted by atomic mass is 9.95. The Balaban J connectivity index is 1.69. The quantitative estimate of drug-likeness (QED) is 0.738. The molecule has 1 aliphatic carbocycles. The van der Waals surface area contributed by atoms with Gasteiger partial charge in [0.2, 0.25) is 5.91 Å². The number of carbonyl (C=O) groups excluding carboxylic acids is 2. The van der Waals surface area contributed by atoms with Gasteiger partial charge in [0.05, 0.1) is 11.1 Å². The van der Waals surface area contributed by atoms with Gasteiger partial charge in [-0.05, 0) is 37.3 Å². The first-order valence-electron chi connectivity index (χ1n) is 8.76. The van der Waals surface area contributed by atoms with Crippen molar-refractivity contribution in [2.45, 2.75) is 39.5 Å². The molecule has 2 amide bonds. The maximum Gasteiger partial charge on any atom is 0.253 e. The van der Waals surface area contributed by atoms with Gasteiger partial charge in [-0.3, -0.25) is 9.59 Å². The molecule has 0 bridgehead atoms. The SMILES string of the molecule is CC(C)C(=O)NCCNC(=O)c1cccc2c3c([nH]c12)CCCC3. The summed E-state index contributed by atoms with van der Waals surface area (Å²) in [6, 6.07) is 5.89. The van der Waals surface area contributed by atoms with E-state index in [0.717, 1.165) is 18.4 Å². The van der Waals surface area contributed by atoms with E-state index in [4.69, 9.17) is 0 Å². The maximum absolute atomic E-state index is 12.5. The summed E-state index contributed by atoms with van der Waals surface area (Å²) in [4.78, 5) is 27.5. The number of nitrogens with one attached hydrogen (secondary N) is 3. The number of aryl methyl sites for hydroxylation is 2. The molecular weight excluding hydrogens is 302 g/mol. The van der Waals surface area contributed by atoms with Crippen molar-refractivity contribution < 1.29 is 9.59 Å². The minimum absolute atomic E-state index is 0.00314. The smallest absolute Gasteiger partial charge is 0.253 e. The molecule has 1 aliphatic rings. The van der Waals surface area contributed by atoms with Crippen molar-refractivity contribution in [1.29, 1.82) is 0 Å². The molecule has 0 radical (unpaired) electrons. The number of para-hydroxylation sites is 1. The Hall–Kier alpha value is -2.30. The Labute approximate surface area is 142 Å². The van der Waals surface area contributed by atoms with Crippen LogP contribution in [-0.2, 0) is 17.6 Å². The van der Waals surface area contributed by atoms with E-state index in [2.05, 4.69) is 21.7 Å². The highest BCUT2D eigenvalue weighted by molar-refractivity contribution is 6.06. The van der Waals surface area contributed by atoms with Crippen molar-refractivity contribution in [2.24, 2.45) is 5.92 Å². The normalized spacial score (nSPS) is 13.8. The first-order valence-corrected chi connectivity index (χ1v) is 8.76. The molecule has 1 heterocycles. The first-order chi connectivity index (χ1) is 11.6. The Kier molecular flexibility index (Phi) is 4.88. The number of aromatic nitrogens is 1.